The van der Waals surface area contributed by atoms with E-state index >= 15 is 0 Å². The zero-order chi connectivity index (χ0) is 15.7. The monoisotopic (exact) mass is 304 g/mol. The Hall–Kier alpha value is -2.37. The summed E-state index contributed by atoms with van der Waals surface area (Å²) in [6, 6.07) is 4.07. The van der Waals surface area contributed by atoms with Crippen LogP contribution in [0.25, 0.3) is 10.9 Å². The Morgan fingerprint density at radius 3 is 2.91 bits per heavy atom. The Labute approximate surface area is 126 Å². The summed E-state index contributed by atoms with van der Waals surface area (Å²) < 4.78 is 18.5. The van der Waals surface area contributed by atoms with Gasteiger partial charge in [0.2, 0.25) is 0 Å². The molecule has 3 rings (SSSR count). The molecule has 0 aliphatic heterocycles. The van der Waals surface area contributed by atoms with Crippen molar-refractivity contribution < 1.29 is 13.9 Å². The SMILES string of the molecule is CCOC(=O)c1c(NCC2CC2)c2cc(F)ccc2[nH]c1=O. The van der Waals surface area contributed by atoms with E-state index in [-0.39, 0.29) is 12.2 Å². The number of carbonyl (C=O) groups excluding carboxylic acids is 1. The van der Waals surface area contributed by atoms with Crippen LogP contribution in [0.1, 0.15) is 30.1 Å². The van der Waals surface area contributed by atoms with Gasteiger partial charge in [0.15, 0.2) is 0 Å². The second kappa shape index (κ2) is 5.79. The van der Waals surface area contributed by atoms with Crippen molar-refractivity contribution in [3.05, 3.63) is 39.9 Å². The molecule has 0 radical (unpaired) electrons. The number of aromatic nitrogens is 1. The molecule has 0 bridgehead atoms. The number of carbonyl (C=O) groups is 1. The number of benzene rings is 1. The number of hydrogen-bond acceptors (Lipinski definition) is 4. The van der Waals surface area contributed by atoms with Crippen LogP contribution in [0, 0.1) is 11.7 Å². The molecule has 22 heavy (non-hydrogen) atoms. The van der Waals surface area contributed by atoms with Crippen molar-refractivity contribution in [2.75, 3.05) is 18.5 Å². The van der Waals surface area contributed by atoms with Gasteiger partial charge in [-0.15, -0.1) is 0 Å². The van der Waals surface area contributed by atoms with Crippen molar-refractivity contribution in [1.82, 2.24) is 4.98 Å². The molecule has 0 spiro atoms. The maximum atomic E-state index is 13.6. The average Bonchev–Trinajstić information content (AvgIpc) is 3.29. The van der Waals surface area contributed by atoms with Crippen molar-refractivity contribution in [3.8, 4) is 0 Å². The van der Waals surface area contributed by atoms with Gasteiger partial charge in [-0.3, -0.25) is 4.79 Å². The van der Waals surface area contributed by atoms with E-state index in [4.69, 9.17) is 4.74 Å². The van der Waals surface area contributed by atoms with Gasteiger partial charge in [0.1, 0.15) is 11.4 Å². The number of ether oxygens (including phenoxy) is 1. The first-order chi connectivity index (χ1) is 10.6. The lowest BCUT2D eigenvalue weighted by Gasteiger charge is -2.13. The Balaban J connectivity index is 2.16. The Morgan fingerprint density at radius 2 is 2.23 bits per heavy atom. The maximum absolute atomic E-state index is 13.6. The van der Waals surface area contributed by atoms with E-state index in [0.29, 0.717) is 29.1 Å². The molecule has 1 aromatic carbocycles. The van der Waals surface area contributed by atoms with Gasteiger partial charge in [0.25, 0.3) is 5.56 Å². The zero-order valence-corrected chi connectivity index (χ0v) is 12.2. The first kappa shape index (κ1) is 14.6. The number of esters is 1. The molecule has 0 saturated heterocycles. The van der Waals surface area contributed by atoms with Gasteiger partial charge in [0.05, 0.1) is 17.8 Å². The van der Waals surface area contributed by atoms with Crippen LogP contribution in [0.4, 0.5) is 10.1 Å². The van der Waals surface area contributed by atoms with Crippen LogP contribution in [0.2, 0.25) is 0 Å². The lowest BCUT2D eigenvalue weighted by molar-refractivity contribution is 0.0525. The standard InChI is InChI=1S/C16H17FN2O3/c1-2-22-16(21)13-14(18-8-9-3-4-9)11-7-10(17)5-6-12(11)19-15(13)20/h5-7,9H,2-4,8H2,1H3,(H2,18,19,20). The molecule has 1 aliphatic rings. The summed E-state index contributed by atoms with van der Waals surface area (Å²) in [6.45, 7) is 2.49. The van der Waals surface area contributed by atoms with Crippen LogP contribution in [-0.4, -0.2) is 24.1 Å². The fourth-order valence-corrected chi connectivity index (χ4v) is 2.42. The predicted octanol–water partition coefficient (Wildman–Crippen LogP) is 2.67. The number of fused-ring (bicyclic) bond motifs is 1. The van der Waals surface area contributed by atoms with Crippen molar-refractivity contribution >= 4 is 22.6 Å². The van der Waals surface area contributed by atoms with Gasteiger partial charge in [-0.25, -0.2) is 9.18 Å². The van der Waals surface area contributed by atoms with E-state index in [9.17, 15) is 14.0 Å². The summed E-state index contributed by atoms with van der Waals surface area (Å²) in [6.07, 6.45) is 2.24. The number of rotatable bonds is 5. The van der Waals surface area contributed by atoms with Crippen molar-refractivity contribution in [2.24, 2.45) is 5.92 Å². The van der Waals surface area contributed by atoms with E-state index < -0.39 is 17.3 Å². The lowest BCUT2D eigenvalue weighted by atomic mass is 10.1. The Bertz CT molecular complexity index is 781. The normalized spacial score (nSPS) is 14.1. The van der Waals surface area contributed by atoms with Gasteiger partial charge in [-0.2, -0.15) is 0 Å². The van der Waals surface area contributed by atoms with Crippen LogP contribution in [0.15, 0.2) is 23.0 Å². The highest BCUT2D eigenvalue weighted by Crippen LogP contribution is 2.31. The summed E-state index contributed by atoms with van der Waals surface area (Å²) in [5, 5.41) is 3.61. The van der Waals surface area contributed by atoms with E-state index in [1.165, 1.54) is 18.2 Å². The summed E-state index contributed by atoms with van der Waals surface area (Å²) in [7, 11) is 0. The fourth-order valence-electron chi connectivity index (χ4n) is 2.42. The van der Waals surface area contributed by atoms with Crippen LogP contribution in [0.3, 0.4) is 0 Å². The molecule has 2 aromatic rings. The number of halogens is 1. The van der Waals surface area contributed by atoms with E-state index in [1.807, 2.05) is 0 Å². The molecule has 0 amide bonds. The second-order valence-electron chi connectivity index (χ2n) is 5.44. The fraction of sp³-hybridized carbons (Fsp3) is 0.375. The molecule has 1 heterocycles. The third-order valence-corrected chi connectivity index (χ3v) is 3.72. The molecule has 0 unspecified atom stereocenters. The highest BCUT2D eigenvalue weighted by Gasteiger charge is 2.25. The van der Waals surface area contributed by atoms with E-state index in [0.717, 1.165) is 12.8 Å². The number of pyridine rings is 1. The molecule has 5 nitrogen and oxygen atoms in total. The molecule has 1 aliphatic carbocycles. The van der Waals surface area contributed by atoms with Crippen molar-refractivity contribution in [2.45, 2.75) is 19.8 Å². The molecule has 1 fully saturated rings. The molecule has 0 atom stereocenters. The maximum Gasteiger partial charge on any atom is 0.345 e. The minimum absolute atomic E-state index is 0.0967. The lowest BCUT2D eigenvalue weighted by Crippen LogP contribution is -2.23. The number of hydrogen-bond donors (Lipinski definition) is 2. The van der Waals surface area contributed by atoms with Crippen LogP contribution >= 0.6 is 0 Å². The van der Waals surface area contributed by atoms with Crippen LogP contribution in [0.5, 0.6) is 0 Å². The summed E-state index contributed by atoms with van der Waals surface area (Å²) in [5.74, 6) is -0.588. The second-order valence-corrected chi connectivity index (χ2v) is 5.44. The van der Waals surface area contributed by atoms with Crippen LogP contribution in [-0.2, 0) is 4.74 Å². The minimum atomic E-state index is -0.701. The highest BCUT2D eigenvalue weighted by atomic mass is 19.1. The molecule has 6 heteroatoms. The largest absolute Gasteiger partial charge is 0.462 e. The molecule has 2 N–H and O–H groups in total. The van der Waals surface area contributed by atoms with Gasteiger partial charge in [-0.1, -0.05) is 0 Å². The van der Waals surface area contributed by atoms with Gasteiger partial charge in [0, 0.05) is 11.9 Å². The molecule has 1 saturated carbocycles. The van der Waals surface area contributed by atoms with Crippen LogP contribution < -0.4 is 10.9 Å². The predicted molar refractivity (Wildman–Crippen MR) is 81.7 cm³/mol. The number of anilines is 1. The Kier molecular flexibility index (Phi) is 3.83. The van der Waals surface area contributed by atoms with Gasteiger partial charge in [-0.05, 0) is 43.9 Å². The average molecular weight is 304 g/mol. The van der Waals surface area contributed by atoms with E-state index in [1.54, 1.807) is 6.92 Å². The quantitative estimate of drug-likeness (QED) is 0.833. The third-order valence-electron chi connectivity index (χ3n) is 3.72. The first-order valence-electron chi connectivity index (χ1n) is 7.36. The molecular weight excluding hydrogens is 287 g/mol. The van der Waals surface area contributed by atoms with Crippen molar-refractivity contribution in [3.63, 3.8) is 0 Å². The third kappa shape index (κ3) is 2.81. The molecule has 1 aromatic heterocycles. The number of aromatic amines is 1. The summed E-state index contributed by atoms with van der Waals surface area (Å²) >= 11 is 0. The molecule has 116 valence electrons. The first-order valence-corrected chi connectivity index (χ1v) is 7.36. The highest BCUT2D eigenvalue weighted by molar-refractivity contribution is 6.04. The van der Waals surface area contributed by atoms with Crippen molar-refractivity contribution in [1.29, 1.82) is 0 Å². The minimum Gasteiger partial charge on any atom is -0.462 e. The zero-order valence-electron chi connectivity index (χ0n) is 12.2. The number of nitrogens with one attached hydrogen (secondary N) is 2. The summed E-state index contributed by atoms with van der Waals surface area (Å²) in [4.78, 5) is 26.9. The number of H-pyrrole nitrogens is 1. The smallest absolute Gasteiger partial charge is 0.345 e. The van der Waals surface area contributed by atoms with Gasteiger partial charge < -0.3 is 15.0 Å². The van der Waals surface area contributed by atoms with Gasteiger partial charge >= 0.3 is 5.97 Å². The molecular formula is C16H17FN2O3. The van der Waals surface area contributed by atoms with E-state index in [2.05, 4.69) is 10.3 Å². The topological polar surface area (TPSA) is 71.2 Å². The Morgan fingerprint density at radius 1 is 1.45 bits per heavy atom. The summed E-state index contributed by atoms with van der Waals surface area (Å²) in [5.41, 5.74) is 0.206.